The second-order valence-corrected chi connectivity index (χ2v) is 5.45. The van der Waals surface area contributed by atoms with Crippen LogP contribution in [-0.2, 0) is 16.6 Å². The van der Waals surface area contributed by atoms with Gasteiger partial charge < -0.3 is 9.84 Å². The minimum atomic E-state index is -0.717. The zero-order chi connectivity index (χ0) is 13.9. The summed E-state index contributed by atoms with van der Waals surface area (Å²) in [4.78, 5) is 11.2. The van der Waals surface area contributed by atoms with Gasteiger partial charge in [-0.1, -0.05) is 31.9 Å². The first-order valence-electron chi connectivity index (χ1n) is 7.00. The van der Waals surface area contributed by atoms with E-state index in [1.54, 1.807) is 7.11 Å². The average Bonchev–Trinajstić information content (AvgIpc) is 2.86. The molecule has 2 rings (SSSR count). The van der Waals surface area contributed by atoms with Crippen molar-refractivity contribution >= 4 is 5.97 Å². The molecule has 1 aliphatic carbocycles. The summed E-state index contributed by atoms with van der Waals surface area (Å²) in [5.74, 6) is 0.117. The number of aliphatic carboxylic acids is 1. The molecule has 19 heavy (non-hydrogen) atoms. The lowest BCUT2D eigenvalue weighted by Gasteiger charge is -2.30. The molecule has 0 amide bonds. The van der Waals surface area contributed by atoms with Gasteiger partial charge in [-0.3, -0.25) is 4.79 Å². The lowest BCUT2D eigenvalue weighted by Crippen LogP contribution is -2.26. The van der Waals surface area contributed by atoms with Crippen LogP contribution in [0.3, 0.4) is 0 Å². The van der Waals surface area contributed by atoms with Crippen LogP contribution in [0.1, 0.15) is 50.2 Å². The topological polar surface area (TPSA) is 46.5 Å². The Morgan fingerprint density at radius 3 is 2.58 bits per heavy atom. The molecule has 104 valence electrons. The highest BCUT2D eigenvalue weighted by molar-refractivity contribution is 5.69. The Bertz CT molecular complexity index is 459. The fourth-order valence-electron chi connectivity index (χ4n) is 3.27. The number of aryl methyl sites for hydroxylation is 1. The quantitative estimate of drug-likeness (QED) is 0.882. The third-order valence-electron chi connectivity index (χ3n) is 4.29. The molecule has 0 bridgehead atoms. The molecule has 0 unspecified atom stereocenters. The predicted molar refractivity (Wildman–Crippen MR) is 74.8 cm³/mol. The minimum absolute atomic E-state index is 0.205. The Hall–Kier alpha value is -1.51. The van der Waals surface area contributed by atoms with Gasteiger partial charge in [0.2, 0.25) is 0 Å². The van der Waals surface area contributed by atoms with Crippen LogP contribution in [0.15, 0.2) is 18.2 Å². The van der Waals surface area contributed by atoms with Gasteiger partial charge in [0, 0.05) is 11.0 Å². The van der Waals surface area contributed by atoms with Crippen LogP contribution in [0.5, 0.6) is 5.75 Å². The largest absolute Gasteiger partial charge is 0.496 e. The second-order valence-electron chi connectivity index (χ2n) is 5.45. The van der Waals surface area contributed by atoms with Crippen LogP contribution in [0.25, 0.3) is 0 Å². The van der Waals surface area contributed by atoms with Crippen molar-refractivity contribution in [3.8, 4) is 5.75 Å². The van der Waals surface area contributed by atoms with Crippen molar-refractivity contribution in [1.82, 2.24) is 0 Å². The van der Waals surface area contributed by atoms with E-state index in [0.717, 1.165) is 43.4 Å². The summed E-state index contributed by atoms with van der Waals surface area (Å²) in [5, 5.41) is 9.25. The molecule has 1 aliphatic rings. The van der Waals surface area contributed by atoms with E-state index in [2.05, 4.69) is 19.1 Å². The number of methoxy groups -OCH3 is 1. The molecule has 1 N–H and O–H groups in total. The number of carboxylic acids is 1. The lowest BCUT2D eigenvalue weighted by atomic mass is 9.75. The normalized spacial score (nSPS) is 17.4. The first kappa shape index (κ1) is 13.9. The van der Waals surface area contributed by atoms with Crippen molar-refractivity contribution in [2.45, 2.75) is 50.9 Å². The highest BCUT2D eigenvalue weighted by Crippen LogP contribution is 2.47. The van der Waals surface area contributed by atoms with Crippen LogP contribution < -0.4 is 4.74 Å². The van der Waals surface area contributed by atoms with Gasteiger partial charge in [-0.2, -0.15) is 0 Å². The van der Waals surface area contributed by atoms with Crippen molar-refractivity contribution in [1.29, 1.82) is 0 Å². The van der Waals surface area contributed by atoms with Gasteiger partial charge in [-0.15, -0.1) is 0 Å². The van der Waals surface area contributed by atoms with E-state index in [9.17, 15) is 9.90 Å². The highest BCUT2D eigenvalue weighted by Gasteiger charge is 2.39. The molecule has 1 aromatic carbocycles. The summed E-state index contributed by atoms with van der Waals surface area (Å²) in [6, 6.07) is 6.19. The summed E-state index contributed by atoms with van der Waals surface area (Å²) >= 11 is 0. The molecular weight excluding hydrogens is 240 g/mol. The molecule has 1 fully saturated rings. The number of hydrogen-bond acceptors (Lipinski definition) is 2. The van der Waals surface area contributed by atoms with E-state index in [4.69, 9.17) is 4.74 Å². The zero-order valence-corrected chi connectivity index (χ0v) is 11.7. The molecule has 0 aliphatic heterocycles. The maximum atomic E-state index is 11.2. The van der Waals surface area contributed by atoms with Crippen LogP contribution in [-0.4, -0.2) is 18.2 Å². The van der Waals surface area contributed by atoms with Crippen LogP contribution in [0, 0.1) is 0 Å². The van der Waals surface area contributed by atoms with E-state index in [1.807, 2.05) is 6.07 Å². The van der Waals surface area contributed by atoms with Crippen molar-refractivity contribution < 1.29 is 14.6 Å². The van der Waals surface area contributed by atoms with E-state index in [0.29, 0.717) is 0 Å². The monoisotopic (exact) mass is 262 g/mol. The van der Waals surface area contributed by atoms with Gasteiger partial charge in [0.15, 0.2) is 0 Å². The van der Waals surface area contributed by atoms with Crippen LogP contribution in [0.4, 0.5) is 0 Å². The average molecular weight is 262 g/mol. The summed E-state index contributed by atoms with van der Waals surface area (Å²) < 4.78 is 5.47. The Kier molecular flexibility index (Phi) is 4.13. The van der Waals surface area contributed by atoms with E-state index in [-0.39, 0.29) is 11.8 Å². The fourth-order valence-corrected chi connectivity index (χ4v) is 3.27. The number of carboxylic acid groups (broad SMARTS) is 1. The highest BCUT2D eigenvalue weighted by atomic mass is 16.5. The van der Waals surface area contributed by atoms with Gasteiger partial charge >= 0.3 is 5.97 Å². The molecule has 0 spiro atoms. The first-order chi connectivity index (χ1) is 9.11. The number of ether oxygens (including phenoxy) is 1. The van der Waals surface area contributed by atoms with Crippen LogP contribution in [0.2, 0.25) is 0 Å². The molecule has 1 saturated carbocycles. The van der Waals surface area contributed by atoms with Crippen molar-refractivity contribution in [3.63, 3.8) is 0 Å². The van der Waals surface area contributed by atoms with Crippen molar-refractivity contribution in [2.75, 3.05) is 7.11 Å². The minimum Gasteiger partial charge on any atom is -0.496 e. The molecule has 3 heteroatoms. The predicted octanol–water partition coefficient (Wildman–Crippen LogP) is 3.54. The molecule has 3 nitrogen and oxygen atoms in total. The number of benzene rings is 1. The van der Waals surface area contributed by atoms with Gasteiger partial charge in [-0.25, -0.2) is 0 Å². The first-order valence-corrected chi connectivity index (χ1v) is 7.00. The van der Waals surface area contributed by atoms with E-state index < -0.39 is 5.97 Å². The molecule has 0 aromatic heterocycles. The molecule has 0 atom stereocenters. The molecule has 0 heterocycles. The fraction of sp³-hybridized carbons (Fsp3) is 0.562. The second kappa shape index (κ2) is 5.64. The van der Waals surface area contributed by atoms with Gasteiger partial charge in [0.05, 0.1) is 13.5 Å². The van der Waals surface area contributed by atoms with Crippen molar-refractivity contribution in [2.24, 2.45) is 0 Å². The summed E-state index contributed by atoms with van der Waals surface area (Å²) in [5.41, 5.74) is 2.10. The summed E-state index contributed by atoms with van der Waals surface area (Å²) in [6.07, 6.45) is 5.27. The number of carbonyl (C=O) groups is 1. The van der Waals surface area contributed by atoms with Crippen LogP contribution >= 0.6 is 0 Å². The Balaban J connectivity index is 2.48. The maximum absolute atomic E-state index is 11.2. The number of rotatable bonds is 5. The lowest BCUT2D eigenvalue weighted by molar-refractivity contribution is -0.138. The van der Waals surface area contributed by atoms with Crippen molar-refractivity contribution in [3.05, 3.63) is 29.3 Å². The Morgan fingerprint density at radius 1 is 1.37 bits per heavy atom. The Morgan fingerprint density at radius 2 is 2.05 bits per heavy atom. The number of hydrogen-bond donors (Lipinski definition) is 1. The van der Waals surface area contributed by atoms with E-state index >= 15 is 0 Å². The standard InChI is InChI=1S/C16H22O3/c1-3-12-6-7-14(19-2)13(10-12)16(11-15(17)18)8-4-5-9-16/h6-7,10H,3-5,8-9,11H2,1-2H3,(H,17,18). The maximum Gasteiger partial charge on any atom is 0.304 e. The zero-order valence-electron chi connectivity index (χ0n) is 11.7. The van der Waals surface area contributed by atoms with Gasteiger partial charge in [0.1, 0.15) is 5.75 Å². The summed E-state index contributed by atoms with van der Waals surface area (Å²) in [7, 11) is 1.66. The third kappa shape index (κ3) is 2.75. The smallest absolute Gasteiger partial charge is 0.304 e. The Labute approximate surface area is 114 Å². The molecular formula is C16H22O3. The SMILES string of the molecule is CCc1ccc(OC)c(C2(CC(=O)O)CCCC2)c1. The molecule has 0 saturated heterocycles. The molecule has 0 radical (unpaired) electrons. The molecule has 1 aromatic rings. The third-order valence-corrected chi connectivity index (χ3v) is 4.29. The summed E-state index contributed by atoms with van der Waals surface area (Å²) in [6.45, 7) is 2.12. The van der Waals surface area contributed by atoms with E-state index in [1.165, 1.54) is 5.56 Å². The van der Waals surface area contributed by atoms with Gasteiger partial charge in [0.25, 0.3) is 0 Å². The van der Waals surface area contributed by atoms with Gasteiger partial charge in [-0.05, 0) is 30.9 Å².